The molecule has 0 radical (unpaired) electrons. The molecule has 0 rings (SSSR count). The zero-order valence-electron chi connectivity index (χ0n) is 18.2. The van der Waals surface area contributed by atoms with Crippen LogP contribution in [0.4, 0.5) is 0 Å². The molecule has 2 unspecified atom stereocenters. The Labute approximate surface area is 236 Å². The second kappa shape index (κ2) is 16.7. The highest BCUT2D eigenvalue weighted by Gasteiger charge is 2.65. The Morgan fingerprint density at radius 2 is 0.919 bits per heavy atom. The lowest BCUT2D eigenvalue weighted by Crippen LogP contribution is -2.74. The van der Waals surface area contributed by atoms with Gasteiger partial charge in [-0.2, -0.15) is 0 Å². The van der Waals surface area contributed by atoms with E-state index in [1.807, 2.05) is 0 Å². The van der Waals surface area contributed by atoms with E-state index in [2.05, 4.69) is 0 Å². The first-order valence-corrected chi connectivity index (χ1v) is 45.7. The minimum Gasteiger partial charge on any atom is -0.442 e. The molecule has 0 spiro atoms. The molecule has 0 aromatic rings. The van der Waals surface area contributed by atoms with Crippen molar-refractivity contribution in [3.8, 4) is 0 Å². The maximum atomic E-state index is 12.4. The Kier molecular flexibility index (Phi) is 17.4. The van der Waals surface area contributed by atoms with Gasteiger partial charge in [0, 0.05) is 0 Å². The molecule has 0 aliphatic carbocycles. The second-order valence-corrected chi connectivity index (χ2v) is 70.0. The minimum atomic E-state index is -5.46. The van der Waals surface area contributed by atoms with Gasteiger partial charge in [0.1, 0.15) is 10.5 Å². The van der Waals surface area contributed by atoms with E-state index >= 15 is 0 Å². The van der Waals surface area contributed by atoms with Crippen LogP contribution in [0.15, 0.2) is 0 Å². The summed E-state index contributed by atoms with van der Waals surface area (Å²) in [6, 6.07) is 0. The zero-order chi connectivity index (χ0) is 29.0. The van der Waals surface area contributed by atoms with Crippen molar-refractivity contribution in [3.63, 3.8) is 0 Å². The largest absolute Gasteiger partial charge is 0.519 e. The standard InChI is InChI=1S/H16O19Si18/c1-21-32(12,16-36(27-7,28-8)19-37(29-9,30-10)31-11)15-34(24-4,17-33(13,22-2)23-3)18-35(14-20,25-5)26-6/h12-13,21-31H,20H3. The van der Waals surface area contributed by atoms with E-state index in [-0.39, 0.29) is 10.5 Å². The minimum absolute atomic E-state index is 0.235. The predicted octanol–water partition coefficient (Wildman–Crippen LogP) is -13.4. The van der Waals surface area contributed by atoms with E-state index in [1.165, 1.54) is 0 Å². The summed E-state index contributed by atoms with van der Waals surface area (Å²) in [4.78, 5) is 21.3. The fraction of sp³-hybridized carbons (Fsp3) is 0. The summed E-state index contributed by atoms with van der Waals surface area (Å²) < 4.78 is 161. The molecule has 0 amide bonds. The highest BCUT2D eigenvalue weighted by molar-refractivity contribution is 7.63. The van der Waals surface area contributed by atoms with E-state index in [0.717, 1.165) is 0 Å². The molecular formula is H16O19Si18. The van der Waals surface area contributed by atoms with Gasteiger partial charge in [-0.1, -0.05) is 0 Å². The van der Waals surface area contributed by atoms with Crippen molar-refractivity contribution in [1.29, 1.82) is 0 Å². The maximum Gasteiger partial charge on any atom is 0.519 e. The lowest BCUT2D eigenvalue weighted by atomic mass is 15.6. The molecule has 0 heterocycles. The van der Waals surface area contributed by atoms with Crippen molar-refractivity contribution in [1.82, 2.24) is 0 Å². The van der Waals surface area contributed by atoms with Gasteiger partial charge in [0.2, 0.25) is 0 Å². The highest BCUT2D eigenvalue weighted by Crippen LogP contribution is 2.22. The maximum absolute atomic E-state index is 12.4. The average molecular weight is 826 g/mol. The van der Waals surface area contributed by atoms with Gasteiger partial charge in [-0.3, -0.25) is 0 Å². The first kappa shape index (κ1) is 38.4. The van der Waals surface area contributed by atoms with Crippen LogP contribution in [0, 0.1) is 0 Å². The van der Waals surface area contributed by atoms with Crippen molar-refractivity contribution >= 4 is 155 Å². The summed E-state index contributed by atoms with van der Waals surface area (Å²) in [6.45, 7) is -4.06. The molecule has 0 fully saturated rings. The van der Waals surface area contributed by atoms with Crippen LogP contribution in [0.5, 0.6) is 0 Å². The van der Waals surface area contributed by atoms with Gasteiger partial charge in [-0.15, -0.1) is 0 Å². The predicted molar refractivity (Wildman–Crippen MR) is 142 cm³/mol. The van der Waals surface area contributed by atoms with Crippen LogP contribution in [0.2, 0.25) is 0 Å². The monoisotopic (exact) mass is 824 g/mol. The number of hydrogen-bond acceptors (Lipinski definition) is 19. The first-order valence-electron chi connectivity index (χ1n) is 8.87. The third kappa shape index (κ3) is 10.3. The molecule has 0 saturated heterocycles. The summed E-state index contributed by atoms with van der Waals surface area (Å²) in [6.07, 6.45) is 0. The summed E-state index contributed by atoms with van der Waals surface area (Å²) in [5.41, 5.74) is 0. The Morgan fingerprint density at radius 3 is 1.22 bits per heavy atom. The Bertz CT molecular complexity index is 896. The lowest BCUT2D eigenvalue weighted by molar-refractivity contribution is 0.183. The summed E-state index contributed by atoms with van der Waals surface area (Å²) in [5, 5.41) is 0. The topological polar surface area (TPSA) is 284 Å². The molecule has 0 aliphatic rings. The molecule has 37 heteroatoms. The van der Waals surface area contributed by atoms with E-state index in [0.29, 0.717) is 0 Å². The SMILES string of the molecule is O=[SiH][Si](O)(O[Si](O[Si](O)([SiH]=O)[SiH]=O)(O[Si](O[SiH3])([SiH]=O)[SiH]=O)[SiH]=O)O[Si](O[Si]([SiH]=O)([SiH]=O)[SiH]=O)([SiH]=O)[SiH]=O. The van der Waals surface area contributed by atoms with Crippen LogP contribution >= 0.6 is 0 Å². The van der Waals surface area contributed by atoms with Crippen molar-refractivity contribution in [2.24, 2.45) is 0 Å². The van der Waals surface area contributed by atoms with Crippen LogP contribution < -0.4 is 0 Å². The van der Waals surface area contributed by atoms with E-state index in [4.69, 9.17) is 24.7 Å². The first-order chi connectivity index (χ1) is 17.3. The van der Waals surface area contributed by atoms with E-state index in [9.17, 15) is 58.7 Å². The summed E-state index contributed by atoms with van der Waals surface area (Å²) in [7, 11) is -50.2. The fourth-order valence-corrected chi connectivity index (χ4v) is 73.4. The molecule has 0 aromatic carbocycles. The molecule has 19 nitrogen and oxygen atoms in total. The molecular weight excluding hydrogens is 810 g/mol. The molecule has 0 saturated carbocycles. The van der Waals surface area contributed by atoms with Crippen LogP contribution in [0.3, 0.4) is 0 Å². The van der Waals surface area contributed by atoms with Crippen molar-refractivity contribution < 1.29 is 83.4 Å². The third-order valence-electron chi connectivity index (χ3n) is 3.70. The van der Waals surface area contributed by atoms with Crippen molar-refractivity contribution in [2.45, 2.75) is 0 Å². The van der Waals surface area contributed by atoms with Crippen LogP contribution in [0.25, 0.3) is 0 Å². The Hall–Kier alpha value is 1.38. The molecule has 0 aromatic heterocycles. The third-order valence-corrected chi connectivity index (χ3v) is 69.2. The van der Waals surface area contributed by atoms with Crippen LogP contribution in [0.1, 0.15) is 0 Å². The molecule has 0 bridgehead atoms. The number of rotatable bonds is 22. The van der Waals surface area contributed by atoms with Gasteiger partial charge in [0.15, 0.2) is 0 Å². The second-order valence-electron chi connectivity index (χ2n) is 6.29. The fourth-order valence-electron chi connectivity index (χ4n) is 1.95. The highest BCUT2D eigenvalue weighted by atomic mass is 29.9. The molecule has 2 N–H and O–H groups in total. The van der Waals surface area contributed by atoms with Crippen molar-refractivity contribution in [3.05, 3.63) is 0 Å². The van der Waals surface area contributed by atoms with E-state index < -0.39 is 144 Å². The molecule has 2 atom stereocenters. The lowest BCUT2D eigenvalue weighted by Gasteiger charge is -2.38. The normalized spacial score (nSPS) is 15.6. The van der Waals surface area contributed by atoms with Gasteiger partial charge >= 0.3 is 118 Å². The summed E-state index contributed by atoms with van der Waals surface area (Å²) >= 11 is 0. The summed E-state index contributed by atoms with van der Waals surface area (Å²) in [5.74, 6) is 0. The van der Waals surface area contributed by atoms with Crippen LogP contribution in [-0.4, -0.2) is 165 Å². The van der Waals surface area contributed by atoms with Crippen molar-refractivity contribution in [2.75, 3.05) is 0 Å². The smallest absolute Gasteiger partial charge is 0.442 e. The molecule has 202 valence electrons. The van der Waals surface area contributed by atoms with E-state index in [1.54, 1.807) is 0 Å². The Balaban J connectivity index is 6.95. The van der Waals surface area contributed by atoms with Gasteiger partial charge in [0.05, 0.1) is 0 Å². The quantitative estimate of drug-likeness (QED) is 0.0959. The average Bonchev–Trinajstić information content (AvgIpc) is 2.94. The number of hydrogen-bond donors (Lipinski definition) is 2. The molecule has 37 heavy (non-hydrogen) atoms. The van der Waals surface area contributed by atoms with Gasteiger partial charge in [-0.25, -0.2) is 0 Å². The van der Waals surface area contributed by atoms with Gasteiger partial charge in [0.25, 0.3) is 26.8 Å². The Morgan fingerprint density at radius 1 is 0.459 bits per heavy atom. The molecule has 0 aliphatic heterocycles. The van der Waals surface area contributed by atoms with Gasteiger partial charge < -0.3 is 83.4 Å². The zero-order valence-corrected chi connectivity index (χ0v) is 38.9. The van der Waals surface area contributed by atoms with Gasteiger partial charge in [-0.05, 0) is 0 Å². The van der Waals surface area contributed by atoms with Crippen LogP contribution in [-0.2, 0) is 73.8 Å².